The lowest BCUT2D eigenvalue weighted by molar-refractivity contribution is -0.385. The van der Waals surface area contributed by atoms with E-state index in [2.05, 4.69) is 4.98 Å². The van der Waals surface area contributed by atoms with Gasteiger partial charge in [0.1, 0.15) is 0 Å². The Morgan fingerprint density at radius 3 is 2.73 bits per heavy atom. The number of hydrogen-bond acceptors (Lipinski definition) is 4. The van der Waals surface area contributed by atoms with Crippen molar-refractivity contribution in [2.24, 2.45) is 0 Å². The summed E-state index contributed by atoms with van der Waals surface area (Å²) in [6.45, 7) is 1.79. The smallest absolute Gasteiger partial charge is 0.258 e. The van der Waals surface area contributed by atoms with E-state index in [1.54, 1.807) is 24.8 Å². The monoisotopic (exact) mass is 310 g/mol. The third kappa shape index (κ3) is 2.94. The predicted octanol–water partition coefficient (Wildman–Crippen LogP) is 4.74. The van der Waals surface area contributed by atoms with Gasteiger partial charge in [-0.15, -0.1) is 11.8 Å². The average Bonchev–Trinajstić information content (AvgIpc) is 2.53. The first kappa shape index (κ1) is 14.5. The number of hydrogen-bond donors (Lipinski definition) is 0. The minimum atomic E-state index is -0.336. The normalized spacial score (nSPS) is 10.8. The second kappa shape index (κ2) is 6.15. The Balaban J connectivity index is 1.82. The highest BCUT2D eigenvalue weighted by atomic mass is 32.2. The summed E-state index contributed by atoms with van der Waals surface area (Å²) in [5.41, 5.74) is 2.82. The Labute approximate surface area is 132 Å². The van der Waals surface area contributed by atoms with Crippen molar-refractivity contribution < 1.29 is 4.92 Å². The second-order valence-corrected chi connectivity index (χ2v) is 5.94. The highest BCUT2D eigenvalue weighted by molar-refractivity contribution is 7.98. The molecule has 22 heavy (non-hydrogen) atoms. The van der Waals surface area contributed by atoms with Gasteiger partial charge in [0, 0.05) is 22.8 Å². The number of thioether (sulfide) groups is 1. The van der Waals surface area contributed by atoms with Crippen molar-refractivity contribution in [3.05, 3.63) is 75.8 Å². The molecule has 0 radical (unpaired) electrons. The predicted molar refractivity (Wildman–Crippen MR) is 89.1 cm³/mol. The minimum Gasteiger partial charge on any atom is -0.258 e. The highest BCUT2D eigenvalue weighted by Crippen LogP contribution is 2.28. The summed E-state index contributed by atoms with van der Waals surface area (Å²) in [5, 5.41) is 13.0. The SMILES string of the molecule is Cc1c(CSc2ccc3ccccc3n2)cccc1[N+](=O)[O-]. The van der Waals surface area contributed by atoms with E-state index in [-0.39, 0.29) is 10.6 Å². The van der Waals surface area contributed by atoms with E-state index in [0.29, 0.717) is 5.75 Å². The fraction of sp³-hybridized carbons (Fsp3) is 0.118. The van der Waals surface area contributed by atoms with Crippen LogP contribution in [0.3, 0.4) is 0 Å². The molecule has 0 unspecified atom stereocenters. The summed E-state index contributed by atoms with van der Waals surface area (Å²) in [5.74, 6) is 0.666. The van der Waals surface area contributed by atoms with Crippen molar-refractivity contribution in [2.75, 3.05) is 0 Å². The Morgan fingerprint density at radius 2 is 1.91 bits per heavy atom. The molecule has 1 heterocycles. The van der Waals surface area contributed by atoms with Crippen LogP contribution in [0.15, 0.2) is 59.6 Å². The van der Waals surface area contributed by atoms with Gasteiger partial charge in [0.25, 0.3) is 5.69 Å². The van der Waals surface area contributed by atoms with Gasteiger partial charge in [-0.3, -0.25) is 10.1 Å². The number of para-hydroxylation sites is 1. The molecule has 0 aliphatic carbocycles. The molecule has 1 aromatic heterocycles. The van der Waals surface area contributed by atoms with Crippen LogP contribution in [-0.4, -0.2) is 9.91 Å². The van der Waals surface area contributed by atoms with Crippen LogP contribution < -0.4 is 0 Å². The van der Waals surface area contributed by atoms with E-state index < -0.39 is 0 Å². The van der Waals surface area contributed by atoms with E-state index in [4.69, 9.17) is 0 Å². The fourth-order valence-electron chi connectivity index (χ4n) is 2.30. The van der Waals surface area contributed by atoms with Gasteiger partial charge in [0.2, 0.25) is 0 Å². The van der Waals surface area contributed by atoms with Gasteiger partial charge in [-0.2, -0.15) is 0 Å². The first-order chi connectivity index (χ1) is 10.6. The third-order valence-corrected chi connectivity index (χ3v) is 4.54. The molecule has 110 valence electrons. The van der Waals surface area contributed by atoms with E-state index >= 15 is 0 Å². The molecule has 0 spiro atoms. The first-order valence-corrected chi connectivity index (χ1v) is 7.85. The van der Waals surface area contributed by atoms with Crippen LogP contribution in [0.4, 0.5) is 5.69 Å². The number of nitro groups is 1. The van der Waals surface area contributed by atoms with Crippen LogP contribution in [0.2, 0.25) is 0 Å². The molecule has 0 aliphatic rings. The van der Waals surface area contributed by atoms with Gasteiger partial charge < -0.3 is 0 Å². The molecule has 3 aromatic rings. The molecule has 0 N–H and O–H groups in total. The zero-order valence-corrected chi connectivity index (χ0v) is 12.8. The Morgan fingerprint density at radius 1 is 1.09 bits per heavy atom. The van der Waals surface area contributed by atoms with Crippen molar-refractivity contribution in [3.63, 3.8) is 0 Å². The minimum absolute atomic E-state index is 0.171. The zero-order chi connectivity index (χ0) is 15.5. The maximum absolute atomic E-state index is 11.0. The Bertz CT molecular complexity index is 849. The quantitative estimate of drug-likeness (QED) is 0.396. The van der Waals surface area contributed by atoms with Crippen molar-refractivity contribution >= 4 is 28.4 Å². The van der Waals surface area contributed by atoms with Gasteiger partial charge in [0.05, 0.1) is 15.5 Å². The Hall–Kier alpha value is -2.40. The lowest BCUT2D eigenvalue weighted by Crippen LogP contribution is -1.95. The summed E-state index contributed by atoms with van der Waals surface area (Å²) in [6.07, 6.45) is 0. The maximum atomic E-state index is 11.0. The van der Waals surface area contributed by atoms with Crippen molar-refractivity contribution in [1.82, 2.24) is 4.98 Å². The van der Waals surface area contributed by atoms with Crippen LogP contribution in [0.25, 0.3) is 10.9 Å². The lowest BCUT2D eigenvalue weighted by atomic mass is 10.1. The van der Waals surface area contributed by atoms with E-state index in [9.17, 15) is 10.1 Å². The number of benzene rings is 2. The molecule has 3 rings (SSSR count). The van der Waals surface area contributed by atoms with Crippen molar-refractivity contribution in [2.45, 2.75) is 17.7 Å². The summed E-state index contributed by atoms with van der Waals surface area (Å²) in [6, 6.07) is 17.2. The fourth-order valence-corrected chi connectivity index (χ4v) is 3.25. The molecule has 0 aliphatic heterocycles. The molecule has 0 amide bonds. The maximum Gasteiger partial charge on any atom is 0.272 e. The van der Waals surface area contributed by atoms with Crippen LogP contribution in [0, 0.1) is 17.0 Å². The molecule has 0 atom stereocenters. The molecule has 0 fully saturated rings. The summed E-state index contributed by atoms with van der Waals surface area (Å²) in [4.78, 5) is 15.3. The first-order valence-electron chi connectivity index (χ1n) is 6.86. The van der Waals surface area contributed by atoms with Gasteiger partial charge in [-0.1, -0.05) is 36.4 Å². The number of rotatable bonds is 4. The van der Waals surface area contributed by atoms with Gasteiger partial charge in [0.15, 0.2) is 0 Å². The van der Waals surface area contributed by atoms with E-state index in [0.717, 1.165) is 27.1 Å². The molecule has 0 saturated carbocycles. The number of nitro benzene ring substituents is 1. The zero-order valence-electron chi connectivity index (χ0n) is 12.0. The van der Waals surface area contributed by atoms with Gasteiger partial charge in [-0.25, -0.2) is 4.98 Å². The summed E-state index contributed by atoms with van der Waals surface area (Å²) >= 11 is 1.59. The molecule has 2 aromatic carbocycles. The largest absolute Gasteiger partial charge is 0.272 e. The van der Waals surface area contributed by atoms with Crippen LogP contribution in [-0.2, 0) is 5.75 Å². The molecular weight excluding hydrogens is 296 g/mol. The molecule has 0 saturated heterocycles. The van der Waals surface area contributed by atoms with Crippen molar-refractivity contribution in [1.29, 1.82) is 0 Å². The number of pyridine rings is 1. The second-order valence-electron chi connectivity index (χ2n) is 4.95. The molecule has 5 heteroatoms. The lowest BCUT2D eigenvalue weighted by Gasteiger charge is -2.06. The highest BCUT2D eigenvalue weighted by Gasteiger charge is 2.13. The standard InChI is InChI=1S/C17H14N2O2S/c1-12-14(6-4-8-16(12)19(20)21)11-22-17-10-9-13-5-2-3-7-15(13)18-17/h2-10H,11H2,1H3. The Kier molecular flexibility index (Phi) is 4.06. The number of nitrogens with zero attached hydrogens (tertiary/aromatic N) is 2. The molecule has 4 nitrogen and oxygen atoms in total. The number of aromatic nitrogens is 1. The van der Waals surface area contributed by atoms with Gasteiger partial charge >= 0.3 is 0 Å². The molecule has 0 bridgehead atoms. The third-order valence-electron chi connectivity index (χ3n) is 3.56. The summed E-state index contributed by atoms with van der Waals surface area (Å²) < 4.78 is 0. The van der Waals surface area contributed by atoms with E-state index in [1.807, 2.05) is 42.5 Å². The van der Waals surface area contributed by atoms with Crippen LogP contribution in [0.1, 0.15) is 11.1 Å². The van der Waals surface area contributed by atoms with Crippen LogP contribution >= 0.6 is 11.8 Å². The topological polar surface area (TPSA) is 56.0 Å². The number of fused-ring (bicyclic) bond motifs is 1. The van der Waals surface area contributed by atoms with E-state index in [1.165, 1.54) is 6.07 Å². The van der Waals surface area contributed by atoms with Crippen LogP contribution in [0.5, 0.6) is 0 Å². The average molecular weight is 310 g/mol. The summed E-state index contributed by atoms with van der Waals surface area (Å²) in [7, 11) is 0. The molecular formula is C17H14N2O2S. The van der Waals surface area contributed by atoms with Gasteiger partial charge in [-0.05, 0) is 24.6 Å². The van der Waals surface area contributed by atoms with Crippen molar-refractivity contribution in [3.8, 4) is 0 Å².